The van der Waals surface area contributed by atoms with Crippen LogP contribution in [-0.2, 0) is 17.8 Å². The molecule has 3 heteroatoms. The molecule has 0 bridgehead atoms. The fraction of sp³-hybridized carbons (Fsp3) is 0.588. The predicted molar refractivity (Wildman–Crippen MR) is 84.3 cm³/mol. The number of nitrogens with two attached hydrogens (primary N) is 1. The van der Waals surface area contributed by atoms with E-state index in [1.54, 1.807) is 0 Å². The first kappa shape index (κ1) is 16.7. The second-order valence-electron chi connectivity index (χ2n) is 6.54. The van der Waals surface area contributed by atoms with Gasteiger partial charge in [-0.25, -0.2) is 0 Å². The Kier molecular flexibility index (Phi) is 6.21. The van der Waals surface area contributed by atoms with Crippen molar-refractivity contribution in [3.05, 3.63) is 35.4 Å². The van der Waals surface area contributed by atoms with E-state index in [0.29, 0.717) is 13.1 Å². The van der Waals surface area contributed by atoms with Crippen LogP contribution in [-0.4, -0.2) is 12.5 Å². The van der Waals surface area contributed by atoms with E-state index < -0.39 is 0 Å². The maximum Gasteiger partial charge on any atom is 0.224 e. The summed E-state index contributed by atoms with van der Waals surface area (Å²) in [5.41, 5.74) is 8.33. The first-order valence-corrected chi connectivity index (χ1v) is 7.42. The molecule has 0 fully saturated rings. The Hall–Kier alpha value is -1.35. The molecule has 1 rings (SSSR count). The highest BCUT2D eigenvalue weighted by Gasteiger charge is 2.23. The highest BCUT2D eigenvalue weighted by Crippen LogP contribution is 2.24. The predicted octanol–water partition coefficient (Wildman–Crippen LogP) is 2.88. The van der Waals surface area contributed by atoms with Gasteiger partial charge in [-0.2, -0.15) is 0 Å². The number of amides is 1. The molecule has 112 valence electrons. The van der Waals surface area contributed by atoms with Gasteiger partial charge in [-0.1, -0.05) is 52.0 Å². The molecule has 1 aromatic rings. The lowest BCUT2D eigenvalue weighted by atomic mass is 9.84. The molecule has 0 spiro atoms. The maximum absolute atomic E-state index is 12.2. The van der Waals surface area contributed by atoms with Crippen LogP contribution in [0.15, 0.2) is 24.3 Å². The van der Waals surface area contributed by atoms with E-state index in [4.69, 9.17) is 5.73 Å². The van der Waals surface area contributed by atoms with E-state index in [9.17, 15) is 4.79 Å². The number of carbonyl (C=O) groups is 1. The molecule has 20 heavy (non-hydrogen) atoms. The van der Waals surface area contributed by atoms with Gasteiger partial charge in [-0.3, -0.25) is 4.79 Å². The van der Waals surface area contributed by atoms with Gasteiger partial charge < -0.3 is 11.1 Å². The Morgan fingerprint density at radius 3 is 2.35 bits per heavy atom. The van der Waals surface area contributed by atoms with Gasteiger partial charge in [0, 0.05) is 13.1 Å². The van der Waals surface area contributed by atoms with Crippen molar-refractivity contribution in [2.45, 2.75) is 47.1 Å². The Morgan fingerprint density at radius 2 is 1.85 bits per heavy atom. The summed E-state index contributed by atoms with van der Waals surface area (Å²) in [4.78, 5) is 12.2. The zero-order chi connectivity index (χ0) is 15.2. The van der Waals surface area contributed by atoms with Crippen molar-refractivity contribution >= 4 is 5.91 Å². The SMILES string of the molecule is CCc1ccccc1CNC(=O)C(CN)CC(C)(C)C. The normalized spacial score (nSPS) is 13.1. The fourth-order valence-corrected chi connectivity index (χ4v) is 2.42. The summed E-state index contributed by atoms with van der Waals surface area (Å²) < 4.78 is 0. The number of rotatable bonds is 6. The molecular formula is C17H28N2O. The van der Waals surface area contributed by atoms with Crippen molar-refractivity contribution in [3.8, 4) is 0 Å². The highest BCUT2D eigenvalue weighted by atomic mass is 16.1. The van der Waals surface area contributed by atoms with Crippen LogP contribution in [0.3, 0.4) is 0 Å². The van der Waals surface area contributed by atoms with Crippen molar-refractivity contribution in [3.63, 3.8) is 0 Å². The van der Waals surface area contributed by atoms with Gasteiger partial charge in [0.05, 0.1) is 5.92 Å². The Morgan fingerprint density at radius 1 is 1.25 bits per heavy atom. The lowest BCUT2D eigenvalue weighted by Gasteiger charge is -2.24. The molecule has 1 atom stereocenters. The number of benzene rings is 1. The van der Waals surface area contributed by atoms with Gasteiger partial charge in [0.15, 0.2) is 0 Å². The zero-order valence-corrected chi connectivity index (χ0v) is 13.2. The molecule has 1 amide bonds. The van der Waals surface area contributed by atoms with E-state index in [-0.39, 0.29) is 17.2 Å². The number of aryl methyl sites for hydroxylation is 1. The Balaban J connectivity index is 2.61. The van der Waals surface area contributed by atoms with E-state index >= 15 is 0 Å². The van der Waals surface area contributed by atoms with Crippen molar-refractivity contribution in [1.29, 1.82) is 0 Å². The minimum absolute atomic E-state index is 0.0633. The number of hydrogen-bond donors (Lipinski definition) is 2. The summed E-state index contributed by atoms with van der Waals surface area (Å²) in [6.07, 6.45) is 1.79. The van der Waals surface area contributed by atoms with Crippen LogP contribution in [0.25, 0.3) is 0 Å². The van der Waals surface area contributed by atoms with Gasteiger partial charge in [0.2, 0.25) is 5.91 Å². The molecule has 0 heterocycles. The molecule has 0 saturated heterocycles. The van der Waals surface area contributed by atoms with E-state index in [0.717, 1.165) is 12.8 Å². The molecular weight excluding hydrogens is 248 g/mol. The van der Waals surface area contributed by atoms with Crippen molar-refractivity contribution in [2.75, 3.05) is 6.54 Å². The summed E-state index contributed by atoms with van der Waals surface area (Å²) in [6, 6.07) is 8.22. The van der Waals surface area contributed by atoms with Gasteiger partial charge in [0.25, 0.3) is 0 Å². The molecule has 0 aliphatic carbocycles. The smallest absolute Gasteiger partial charge is 0.224 e. The average molecular weight is 276 g/mol. The molecule has 3 N–H and O–H groups in total. The Labute approximate surface area is 122 Å². The van der Waals surface area contributed by atoms with Crippen LogP contribution in [0.5, 0.6) is 0 Å². The minimum Gasteiger partial charge on any atom is -0.352 e. The number of hydrogen-bond acceptors (Lipinski definition) is 2. The summed E-state index contributed by atoms with van der Waals surface area (Å²) in [5, 5.41) is 3.03. The molecule has 3 nitrogen and oxygen atoms in total. The van der Waals surface area contributed by atoms with Gasteiger partial charge in [0.1, 0.15) is 0 Å². The van der Waals surface area contributed by atoms with E-state index in [2.05, 4.69) is 45.1 Å². The third-order valence-corrected chi connectivity index (χ3v) is 3.47. The van der Waals surface area contributed by atoms with Crippen molar-refractivity contribution < 1.29 is 4.79 Å². The molecule has 0 aliphatic rings. The number of nitrogens with one attached hydrogen (secondary N) is 1. The second kappa shape index (κ2) is 7.44. The third kappa shape index (κ3) is 5.33. The lowest BCUT2D eigenvalue weighted by molar-refractivity contribution is -0.125. The van der Waals surface area contributed by atoms with Crippen LogP contribution in [0.2, 0.25) is 0 Å². The number of carbonyl (C=O) groups excluding carboxylic acids is 1. The monoisotopic (exact) mass is 276 g/mol. The van der Waals surface area contributed by atoms with Crippen molar-refractivity contribution in [1.82, 2.24) is 5.32 Å². The van der Waals surface area contributed by atoms with E-state index in [1.165, 1.54) is 11.1 Å². The topological polar surface area (TPSA) is 55.1 Å². The van der Waals surface area contributed by atoms with Gasteiger partial charge in [-0.15, -0.1) is 0 Å². The molecule has 0 aromatic heterocycles. The average Bonchev–Trinajstić information content (AvgIpc) is 2.41. The third-order valence-electron chi connectivity index (χ3n) is 3.47. The fourth-order valence-electron chi connectivity index (χ4n) is 2.42. The first-order valence-electron chi connectivity index (χ1n) is 7.42. The highest BCUT2D eigenvalue weighted by molar-refractivity contribution is 5.78. The summed E-state index contributed by atoms with van der Waals surface area (Å²) in [7, 11) is 0. The van der Waals surface area contributed by atoms with Crippen LogP contribution in [0.4, 0.5) is 0 Å². The lowest BCUT2D eigenvalue weighted by Crippen LogP contribution is -2.37. The standard InChI is InChI=1S/C17H28N2O/c1-5-13-8-6-7-9-14(13)12-19-16(20)15(11-18)10-17(2,3)4/h6-9,15H,5,10-12,18H2,1-4H3,(H,19,20). The van der Waals surface area contributed by atoms with Crippen LogP contribution in [0, 0.1) is 11.3 Å². The van der Waals surface area contributed by atoms with Gasteiger partial charge >= 0.3 is 0 Å². The van der Waals surface area contributed by atoms with E-state index in [1.807, 2.05) is 12.1 Å². The van der Waals surface area contributed by atoms with Gasteiger partial charge in [-0.05, 0) is 29.4 Å². The molecule has 0 saturated carbocycles. The zero-order valence-electron chi connectivity index (χ0n) is 13.2. The second-order valence-corrected chi connectivity index (χ2v) is 6.54. The quantitative estimate of drug-likeness (QED) is 0.839. The molecule has 1 unspecified atom stereocenters. The minimum atomic E-state index is -0.108. The maximum atomic E-state index is 12.2. The molecule has 0 radical (unpaired) electrons. The summed E-state index contributed by atoms with van der Waals surface area (Å²) in [6.45, 7) is 9.52. The van der Waals surface area contributed by atoms with Crippen molar-refractivity contribution in [2.24, 2.45) is 17.1 Å². The molecule has 0 aliphatic heterocycles. The Bertz CT molecular complexity index is 435. The van der Waals surface area contributed by atoms with Crippen LogP contribution < -0.4 is 11.1 Å². The summed E-state index contributed by atoms with van der Waals surface area (Å²) >= 11 is 0. The first-order chi connectivity index (χ1) is 9.37. The van der Waals surface area contributed by atoms with Crippen LogP contribution in [0.1, 0.15) is 45.2 Å². The largest absolute Gasteiger partial charge is 0.352 e. The van der Waals surface area contributed by atoms with Crippen LogP contribution >= 0.6 is 0 Å². The summed E-state index contributed by atoms with van der Waals surface area (Å²) in [5.74, 6) is -0.0443. The molecule has 1 aromatic carbocycles.